The van der Waals surface area contributed by atoms with Crippen molar-refractivity contribution in [3.63, 3.8) is 0 Å². The molecule has 1 saturated carbocycles. The predicted molar refractivity (Wildman–Crippen MR) is 132 cm³/mol. The Balaban J connectivity index is 1.39. The highest BCUT2D eigenvalue weighted by molar-refractivity contribution is 6.34. The zero-order chi connectivity index (χ0) is 24.1. The first kappa shape index (κ1) is 23.1. The fraction of sp³-hybridized carbons (Fsp3) is 0.520. The molecule has 0 unspecified atom stereocenters. The number of guanidine groups is 1. The minimum absolute atomic E-state index is 0.0230. The fourth-order valence-electron chi connectivity index (χ4n) is 5.01. The summed E-state index contributed by atoms with van der Waals surface area (Å²) in [6.07, 6.45) is 4.00. The van der Waals surface area contributed by atoms with E-state index >= 15 is 0 Å². The lowest BCUT2D eigenvalue weighted by Gasteiger charge is -2.44. The van der Waals surface area contributed by atoms with Crippen LogP contribution in [0.2, 0.25) is 5.02 Å². The van der Waals surface area contributed by atoms with E-state index in [1.807, 2.05) is 51.1 Å². The molecule has 0 spiro atoms. The summed E-state index contributed by atoms with van der Waals surface area (Å²) in [4.78, 5) is 19.8. The Morgan fingerprint density at radius 3 is 2.59 bits per heavy atom. The lowest BCUT2D eigenvalue weighted by Crippen LogP contribution is -2.57. The van der Waals surface area contributed by atoms with Crippen LogP contribution in [-0.2, 0) is 15.1 Å². The topological polar surface area (TPSA) is 106 Å². The summed E-state index contributed by atoms with van der Waals surface area (Å²) in [5, 5.41) is 12.4. The molecule has 1 aliphatic carbocycles. The Morgan fingerprint density at radius 2 is 1.94 bits per heavy atom. The molecule has 8 nitrogen and oxygen atoms in total. The van der Waals surface area contributed by atoms with Crippen LogP contribution in [0.25, 0.3) is 0 Å². The van der Waals surface area contributed by atoms with E-state index in [-0.39, 0.29) is 29.9 Å². The van der Waals surface area contributed by atoms with Gasteiger partial charge in [-0.1, -0.05) is 23.7 Å². The van der Waals surface area contributed by atoms with Gasteiger partial charge in [0.15, 0.2) is 11.8 Å². The molecule has 2 atom stereocenters. The molecule has 3 aliphatic rings. The van der Waals surface area contributed by atoms with Gasteiger partial charge < -0.3 is 15.8 Å². The van der Waals surface area contributed by atoms with Gasteiger partial charge >= 0.3 is 0 Å². The van der Waals surface area contributed by atoms with Crippen molar-refractivity contribution in [1.82, 2.24) is 15.1 Å². The third-order valence-electron chi connectivity index (χ3n) is 6.93. The third kappa shape index (κ3) is 4.49. The van der Waals surface area contributed by atoms with Crippen LogP contribution in [0.5, 0.6) is 0 Å². The average Bonchev–Trinajstić information content (AvgIpc) is 3.60. The first-order valence-corrected chi connectivity index (χ1v) is 12.2. The second kappa shape index (κ2) is 8.50. The van der Waals surface area contributed by atoms with Crippen molar-refractivity contribution in [1.29, 1.82) is 0 Å². The number of hydrogen-bond donors (Lipinski definition) is 2. The van der Waals surface area contributed by atoms with Crippen molar-refractivity contribution >= 4 is 35.0 Å². The second-order valence-electron chi connectivity index (χ2n) is 10.3. The van der Waals surface area contributed by atoms with Crippen LogP contribution in [0.3, 0.4) is 0 Å². The van der Waals surface area contributed by atoms with Crippen molar-refractivity contribution < 1.29 is 9.53 Å². The molecule has 1 aromatic heterocycles. The minimum Gasteiger partial charge on any atom is -0.375 e. The molecular formula is C25H31ClN6O2. The zero-order valence-corrected chi connectivity index (χ0v) is 20.6. The van der Waals surface area contributed by atoms with Crippen LogP contribution in [0.1, 0.15) is 70.1 Å². The summed E-state index contributed by atoms with van der Waals surface area (Å²) in [6, 6.07) is 9.56. The molecule has 0 radical (unpaired) electrons. The number of nitrogens with zero attached hydrogens (tertiary/aromatic N) is 4. The Kier molecular flexibility index (Phi) is 5.76. The number of halogens is 1. The SMILES string of the molecule is CC1(C)C[C@@H](N2C(=O)C[C@@](C)(c3cccc(Nc4ccc(C5CC5)nn4)c3Cl)N=C2N)CCO1. The van der Waals surface area contributed by atoms with E-state index in [0.29, 0.717) is 35.5 Å². The number of nitrogens with two attached hydrogens (primary N) is 1. The van der Waals surface area contributed by atoms with E-state index in [9.17, 15) is 4.79 Å². The normalized spacial score (nSPS) is 26.8. The average molecular weight is 483 g/mol. The maximum Gasteiger partial charge on any atom is 0.232 e. The Bertz CT molecular complexity index is 1130. The number of rotatable bonds is 5. The van der Waals surface area contributed by atoms with Crippen molar-refractivity contribution in [3.05, 3.63) is 46.6 Å². The van der Waals surface area contributed by atoms with Crippen LogP contribution in [0.15, 0.2) is 35.3 Å². The number of nitrogens with one attached hydrogen (secondary N) is 1. The maximum absolute atomic E-state index is 13.3. The summed E-state index contributed by atoms with van der Waals surface area (Å²) < 4.78 is 5.81. The van der Waals surface area contributed by atoms with Gasteiger partial charge in [0.25, 0.3) is 0 Å². The van der Waals surface area contributed by atoms with Crippen LogP contribution in [0, 0.1) is 0 Å². The van der Waals surface area contributed by atoms with Gasteiger partial charge in [-0.2, -0.15) is 5.10 Å². The highest BCUT2D eigenvalue weighted by atomic mass is 35.5. The Hall–Kier alpha value is -2.71. The van der Waals surface area contributed by atoms with E-state index in [4.69, 9.17) is 27.1 Å². The number of hydrogen-bond acceptors (Lipinski definition) is 7. The fourth-order valence-corrected chi connectivity index (χ4v) is 5.39. The molecule has 2 aromatic rings. The van der Waals surface area contributed by atoms with Crippen LogP contribution in [-0.4, -0.2) is 45.2 Å². The molecule has 1 amide bonds. The molecule has 1 aromatic carbocycles. The van der Waals surface area contributed by atoms with Crippen LogP contribution < -0.4 is 11.1 Å². The largest absolute Gasteiger partial charge is 0.375 e. The predicted octanol–water partition coefficient (Wildman–Crippen LogP) is 4.47. The molecule has 0 bridgehead atoms. The van der Waals surface area contributed by atoms with E-state index in [0.717, 1.165) is 17.7 Å². The molecule has 5 rings (SSSR count). The monoisotopic (exact) mass is 482 g/mol. The van der Waals surface area contributed by atoms with Crippen molar-refractivity contribution in [2.75, 3.05) is 11.9 Å². The Morgan fingerprint density at radius 1 is 1.15 bits per heavy atom. The van der Waals surface area contributed by atoms with Gasteiger partial charge in [0.2, 0.25) is 5.91 Å². The third-order valence-corrected chi connectivity index (χ3v) is 7.34. The molecule has 2 fully saturated rings. The van der Waals surface area contributed by atoms with Gasteiger partial charge in [-0.25, -0.2) is 4.99 Å². The lowest BCUT2D eigenvalue weighted by molar-refractivity contribution is -0.136. The number of benzene rings is 1. The van der Waals surface area contributed by atoms with E-state index in [2.05, 4.69) is 15.5 Å². The molecule has 9 heteroatoms. The van der Waals surface area contributed by atoms with Crippen LogP contribution in [0.4, 0.5) is 11.5 Å². The molecule has 180 valence electrons. The molecular weight excluding hydrogens is 452 g/mol. The van der Waals surface area contributed by atoms with Gasteiger partial charge in [0, 0.05) is 24.1 Å². The van der Waals surface area contributed by atoms with Gasteiger partial charge in [-0.15, -0.1) is 5.10 Å². The summed E-state index contributed by atoms with van der Waals surface area (Å²) in [5.41, 5.74) is 7.68. The second-order valence-corrected chi connectivity index (χ2v) is 10.7. The van der Waals surface area contributed by atoms with E-state index in [1.54, 1.807) is 4.90 Å². The first-order valence-electron chi connectivity index (χ1n) is 11.9. The van der Waals surface area contributed by atoms with Crippen molar-refractivity contribution in [3.8, 4) is 0 Å². The summed E-state index contributed by atoms with van der Waals surface area (Å²) in [5.74, 6) is 1.35. The van der Waals surface area contributed by atoms with Crippen molar-refractivity contribution in [2.45, 2.75) is 76.0 Å². The lowest BCUT2D eigenvalue weighted by atomic mass is 9.85. The van der Waals surface area contributed by atoms with Crippen molar-refractivity contribution in [2.24, 2.45) is 10.7 Å². The van der Waals surface area contributed by atoms with Gasteiger partial charge in [0.05, 0.1) is 34.0 Å². The number of aliphatic imine (C=N–C) groups is 1. The molecule has 3 N–H and O–H groups in total. The standard InChI is InChI=1S/C25H31ClN6O2/c1-24(2)13-16(11-12-34-24)32-21(33)14-25(3,29-23(32)27)17-5-4-6-19(22(17)26)28-20-10-9-18(30-31-20)15-7-8-15/h4-6,9-10,15-16H,7-8,11-14H2,1-3H3,(H2,27,29)(H,28,31)/t16-,25-/m0/s1. The minimum atomic E-state index is -0.866. The van der Waals surface area contributed by atoms with Gasteiger partial charge in [0.1, 0.15) is 0 Å². The molecule has 1 saturated heterocycles. The first-order chi connectivity index (χ1) is 16.2. The smallest absolute Gasteiger partial charge is 0.232 e. The zero-order valence-electron chi connectivity index (χ0n) is 19.8. The highest BCUT2D eigenvalue weighted by Gasteiger charge is 2.43. The molecule has 2 aliphatic heterocycles. The summed E-state index contributed by atoms with van der Waals surface area (Å²) in [7, 11) is 0. The van der Waals surface area contributed by atoms with E-state index < -0.39 is 5.54 Å². The van der Waals surface area contributed by atoms with Gasteiger partial charge in [-0.3, -0.25) is 9.69 Å². The number of anilines is 2. The number of amides is 1. The summed E-state index contributed by atoms with van der Waals surface area (Å²) >= 11 is 6.83. The maximum atomic E-state index is 13.3. The number of carbonyl (C=O) groups excluding carboxylic acids is 1. The highest BCUT2D eigenvalue weighted by Crippen LogP contribution is 2.42. The quantitative estimate of drug-likeness (QED) is 0.651. The summed E-state index contributed by atoms with van der Waals surface area (Å²) in [6.45, 7) is 6.56. The molecule has 3 heterocycles. The van der Waals surface area contributed by atoms with E-state index in [1.165, 1.54) is 12.8 Å². The number of carbonyl (C=O) groups is 1. The molecule has 34 heavy (non-hydrogen) atoms. The van der Waals surface area contributed by atoms with Crippen LogP contribution >= 0.6 is 11.6 Å². The van der Waals surface area contributed by atoms with Gasteiger partial charge in [-0.05, 0) is 64.7 Å². The number of aromatic nitrogens is 2. The number of ether oxygens (including phenoxy) is 1. The Labute approximate surface area is 204 Å².